The number of anilines is 1. The van der Waals surface area contributed by atoms with Gasteiger partial charge in [-0.05, 0) is 63.4 Å². The van der Waals surface area contributed by atoms with E-state index in [0.717, 1.165) is 24.1 Å². The molecule has 1 fully saturated rings. The Hall–Kier alpha value is -3.97. The summed E-state index contributed by atoms with van der Waals surface area (Å²) in [6, 6.07) is 17.2. The maximum Gasteiger partial charge on any atom is 0.410 e. The third kappa shape index (κ3) is 7.33. The normalized spacial score (nSPS) is 15.1. The second-order valence-corrected chi connectivity index (χ2v) is 11.2. The van der Waals surface area contributed by atoms with Gasteiger partial charge in [-0.3, -0.25) is 4.79 Å². The monoisotopic (exact) mass is 547 g/mol. The maximum absolute atomic E-state index is 12.6. The van der Waals surface area contributed by atoms with Gasteiger partial charge in [0.05, 0.1) is 18.8 Å². The van der Waals surface area contributed by atoms with Gasteiger partial charge in [-0.1, -0.05) is 36.0 Å². The number of benzene rings is 2. The van der Waals surface area contributed by atoms with E-state index in [1.807, 2.05) is 56.0 Å². The summed E-state index contributed by atoms with van der Waals surface area (Å²) in [6.07, 6.45) is 1.61. The number of rotatable bonds is 8. The highest BCUT2D eigenvalue weighted by Gasteiger charge is 2.31. The Bertz CT molecular complexity index is 1430. The van der Waals surface area contributed by atoms with E-state index in [1.54, 1.807) is 31.4 Å². The molecule has 2 aromatic carbocycles. The van der Waals surface area contributed by atoms with E-state index >= 15 is 0 Å². The van der Waals surface area contributed by atoms with E-state index in [2.05, 4.69) is 15.3 Å². The molecule has 0 unspecified atom stereocenters. The number of likely N-dealkylation sites (tertiary alicyclic amines) is 1. The van der Waals surface area contributed by atoms with Crippen LogP contribution in [0.5, 0.6) is 5.75 Å². The number of aromatic amines is 1. The Morgan fingerprint density at radius 1 is 1.26 bits per heavy atom. The number of nitrogens with one attached hydrogen (secondary N) is 2. The number of nitriles is 1. The molecule has 1 saturated heterocycles. The van der Waals surface area contributed by atoms with E-state index < -0.39 is 11.2 Å². The van der Waals surface area contributed by atoms with Crippen molar-refractivity contribution in [2.75, 3.05) is 25.5 Å². The minimum Gasteiger partial charge on any atom is -0.497 e. The van der Waals surface area contributed by atoms with Gasteiger partial charge in [0.2, 0.25) is 0 Å². The van der Waals surface area contributed by atoms with Crippen LogP contribution in [0, 0.1) is 11.3 Å². The molecule has 1 aliphatic heterocycles. The summed E-state index contributed by atoms with van der Waals surface area (Å²) >= 11 is 1.38. The van der Waals surface area contributed by atoms with E-state index in [0.29, 0.717) is 41.0 Å². The predicted molar refractivity (Wildman–Crippen MR) is 152 cm³/mol. The first kappa shape index (κ1) is 28.0. The van der Waals surface area contributed by atoms with Gasteiger partial charge in [0.1, 0.15) is 23.0 Å². The molecule has 2 N–H and O–H groups in total. The average molecular weight is 548 g/mol. The predicted octanol–water partition coefficient (Wildman–Crippen LogP) is 5.42. The first-order valence-electron chi connectivity index (χ1n) is 12.8. The number of ether oxygens (including phenoxy) is 2. The molecular weight excluding hydrogens is 514 g/mol. The van der Waals surface area contributed by atoms with Crippen LogP contribution in [-0.4, -0.2) is 52.8 Å². The van der Waals surface area contributed by atoms with Gasteiger partial charge in [0.25, 0.3) is 5.56 Å². The van der Waals surface area contributed by atoms with Crippen molar-refractivity contribution in [3.63, 3.8) is 0 Å². The standard InChI is InChI=1S/C29H33N5O4S/c1-29(2,3)38-28(36)34-13-7-11-22(34)17-31-21-10-5-8-19(14-21)18-39-27-32-25(24(16-30)26(35)33-27)20-9-6-12-23(15-20)37-4/h5-6,8-10,12,14-15,22,31H,7,11,13,17-18H2,1-4H3,(H,32,33,35)/t22-/m1/s1. The first-order valence-corrected chi connectivity index (χ1v) is 13.8. The van der Waals surface area contributed by atoms with Crippen molar-refractivity contribution >= 4 is 23.5 Å². The summed E-state index contributed by atoms with van der Waals surface area (Å²) in [4.78, 5) is 34.3. The lowest BCUT2D eigenvalue weighted by atomic mass is 10.1. The summed E-state index contributed by atoms with van der Waals surface area (Å²) in [7, 11) is 1.56. The number of carbonyl (C=O) groups is 1. The van der Waals surface area contributed by atoms with E-state index in [-0.39, 0.29) is 17.7 Å². The lowest BCUT2D eigenvalue weighted by Crippen LogP contribution is -2.42. The Morgan fingerprint density at radius 2 is 2.05 bits per heavy atom. The van der Waals surface area contributed by atoms with Crippen molar-refractivity contribution in [3.8, 4) is 23.1 Å². The molecule has 1 aromatic heterocycles. The third-order valence-electron chi connectivity index (χ3n) is 6.20. The Balaban J connectivity index is 1.42. The number of carbonyl (C=O) groups excluding carboxylic acids is 1. The molecule has 10 heteroatoms. The maximum atomic E-state index is 12.6. The molecule has 1 amide bonds. The molecule has 1 aliphatic rings. The average Bonchev–Trinajstić information content (AvgIpc) is 3.39. The molecule has 0 spiro atoms. The molecule has 3 aromatic rings. The van der Waals surface area contributed by atoms with Crippen LogP contribution in [0.4, 0.5) is 10.5 Å². The number of aromatic nitrogens is 2. The van der Waals surface area contributed by atoms with Crippen molar-refractivity contribution in [2.24, 2.45) is 0 Å². The summed E-state index contributed by atoms with van der Waals surface area (Å²) < 4.78 is 10.9. The zero-order valence-corrected chi connectivity index (χ0v) is 23.4. The molecule has 39 heavy (non-hydrogen) atoms. The van der Waals surface area contributed by atoms with Crippen LogP contribution in [0.2, 0.25) is 0 Å². The molecule has 0 aliphatic carbocycles. The Morgan fingerprint density at radius 3 is 2.79 bits per heavy atom. The van der Waals surface area contributed by atoms with Crippen LogP contribution >= 0.6 is 11.8 Å². The van der Waals surface area contributed by atoms with Gasteiger partial charge >= 0.3 is 6.09 Å². The van der Waals surface area contributed by atoms with Crippen LogP contribution in [0.1, 0.15) is 44.7 Å². The molecule has 204 valence electrons. The topological polar surface area (TPSA) is 120 Å². The van der Waals surface area contributed by atoms with Crippen LogP contribution in [0.3, 0.4) is 0 Å². The second kappa shape index (κ2) is 12.3. The highest BCUT2D eigenvalue weighted by Crippen LogP contribution is 2.27. The van der Waals surface area contributed by atoms with Gasteiger partial charge in [0, 0.05) is 30.1 Å². The fourth-order valence-electron chi connectivity index (χ4n) is 4.37. The summed E-state index contributed by atoms with van der Waals surface area (Å²) in [5, 5.41) is 13.4. The zero-order valence-electron chi connectivity index (χ0n) is 22.6. The van der Waals surface area contributed by atoms with Crippen LogP contribution < -0.4 is 15.6 Å². The largest absolute Gasteiger partial charge is 0.497 e. The van der Waals surface area contributed by atoms with E-state index in [4.69, 9.17) is 9.47 Å². The van der Waals surface area contributed by atoms with E-state index in [9.17, 15) is 14.9 Å². The molecule has 0 saturated carbocycles. The van der Waals surface area contributed by atoms with Gasteiger partial charge in [0.15, 0.2) is 5.16 Å². The minimum atomic E-state index is -0.521. The summed E-state index contributed by atoms with van der Waals surface area (Å²) in [5.74, 6) is 1.18. The van der Waals surface area contributed by atoms with E-state index in [1.165, 1.54) is 11.8 Å². The number of amides is 1. The van der Waals surface area contributed by atoms with Gasteiger partial charge in [-0.25, -0.2) is 9.78 Å². The molecule has 0 radical (unpaired) electrons. The number of hydrogen-bond donors (Lipinski definition) is 2. The molecule has 2 heterocycles. The lowest BCUT2D eigenvalue weighted by molar-refractivity contribution is 0.0235. The molecule has 1 atom stereocenters. The molecule has 9 nitrogen and oxygen atoms in total. The lowest BCUT2D eigenvalue weighted by Gasteiger charge is -2.29. The fraction of sp³-hybridized carbons (Fsp3) is 0.379. The minimum absolute atomic E-state index is 0.0360. The van der Waals surface area contributed by atoms with Crippen molar-refractivity contribution in [1.29, 1.82) is 5.26 Å². The summed E-state index contributed by atoms with van der Waals surface area (Å²) in [6.45, 7) is 6.96. The number of nitrogens with zero attached hydrogens (tertiary/aromatic N) is 3. The molecule has 0 bridgehead atoms. The number of hydrogen-bond acceptors (Lipinski definition) is 8. The number of thioether (sulfide) groups is 1. The zero-order chi connectivity index (χ0) is 28.0. The summed E-state index contributed by atoms with van der Waals surface area (Å²) in [5.41, 5.74) is 1.91. The van der Waals surface area contributed by atoms with Gasteiger partial charge < -0.3 is 24.7 Å². The van der Waals surface area contributed by atoms with Gasteiger partial charge in [-0.2, -0.15) is 5.26 Å². The van der Waals surface area contributed by atoms with Crippen molar-refractivity contribution in [3.05, 3.63) is 70.0 Å². The van der Waals surface area contributed by atoms with Crippen LogP contribution in [-0.2, 0) is 10.5 Å². The van der Waals surface area contributed by atoms with Crippen molar-refractivity contribution in [2.45, 2.75) is 56.2 Å². The van der Waals surface area contributed by atoms with Crippen molar-refractivity contribution in [1.82, 2.24) is 14.9 Å². The fourth-order valence-corrected chi connectivity index (χ4v) is 5.17. The number of methoxy groups -OCH3 is 1. The quantitative estimate of drug-likeness (QED) is 0.283. The van der Waals surface area contributed by atoms with Crippen LogP contribution in [0.25, 0.3) is 11.3 Å². The second-order valence-electron chi connectivity index (χ2n) is 10.3. The SMILES string of the molecule is COc1cccc(-c2nc(SCc3cccc(NC[C@H]4CCCN4C(=O)OC(C)(C)C)c3)[nH]c(=O)c2C#N)c1. The highest BCUT2D eigenvalue weighted by atomic mass is 32.2. The van der Waals surface area contributed by atoms with Crippen molar-refractivity contribution < 1.29 is 14.3 Å². The smallest absolute Gasteiger partial charge is 0.410 e. The first-order chi connectivity index (χ1) is 18.7. The van der Waals surface area contributed by atoms with Gasteiger partial charge in [-0.15, -0.1) is 0 Å². The molecule has 4 rings (SSSR count). The Labute approximate surface area is 232 Å². The number of H-pyrrole nitrogens is 1. The molecular formula is C29H33N5O4S. The third-order valence-corrected chi connectivity index (χ3v) is 7.15. The highest BCUT2D eigenvalue weighted by molar-refractivity contribution is 7.98. The Kier molecular flexibility index (Phi) is 8.82. The van der Waals surface area contributed by atoms with Crippen LogP contribution in [0.15, 0.2) is 58.5 Å².